The zero-order valence-corrected chi connectivity index (χ0v) is 13.0. The number of hydrogen-bond acceptors (Lipinski definition) is 2. The first-order chi connectivity index (χ1) is 10.6. The van der Waals surface area contributed by atoms with Crippen LogP contribution in [0.2, 0.25) is 0 Å². The first-order valence-corrected chi connectivity index (χ1v) is 7.77. The fourth-order valence-corrected chi connectivity index (χ4v) is 3.19. The van der Waals surface area contributed by atoms with Gasteiger partial charge in [-0.05, 0) is 35.6 Å². The van der Waals surface area contributed by atoms with Crippen LogP contribution in [0.3, 0.4) is 0 Å². The Kier molecular flexibility index (Phi) is 3.99. The topological polar surface area (TPSA) is 49.3 Å². The Morgan fingerprint density at radius 2 is 1.95 bits per heavy atom. The third-order valence-corrected chi connectivity index (χ3v) is 4.39. The molecular weight excluding hydrogens is 274 g/mol. The van der Waals surface area contributed by atoms with Crippen molar-refractivity contribution in [2.75, 3.05) is 5.32 Å². The Balaban J connectivity index is 1.91. The van der Waals surface area contributed by atoms with E-state index in [1.165, 1.54) is 0 Å². The lowest BCUT2D eigenvalue weighted by Gasteiger charge is -2.15. The van der Waals surface area contributed by atoms with Gasteiger partial charge in [-0.3, -0.25) is 4.79 Å². The van der Waals surface area contributed by atoms with E-state index in [9.17, 15) is 9.90 Å². The van der Waals surface area contributed by atoms with Crippen LogP contribution in [0.25, 0.3) is 0 Å². The summed E-state index contributed by atoms with van der Waals surface area (Å²) in [4.78, 5) is 12.0. The number of nitrogens with one attached hydrogen (secondary N) is 1. The summed E-state index contributed by atoms with van der Waals surface area (Å²) < 4.78 is 0. The number of aryl methyl sites for hydroxylation is 1. The number of hydrogen-bond donors (Lipinski definition) is 2. The van der Waals surface area contributed by atoms with E-state index in [-0.39, 0.29) is 11.8 Å². The molecule has 0 spiro atoms. The summed E-state index contributed by atoms with van der Waals surface area (Å²) in [6.07, 6.45) is 0.799. The van der Waals surface area contributed by atoms with Gasteiger partial charge in [0.15, 0.2) is 0 Å². The molecule has 0 aliphatic carbocycles. The highest BCUT2D eigenvalue weighted by Crippen LogP contribution is 2.39. The first kappa shape index (κ1) is 14.8. The zero-order valence-electron chi connectivity index (χ0n) is 13.0. The van der Waals surface area contributed by atoms with E-state index >= 15 is 0 Å². The number of rotatable bonds is 4. The van der Waals surface area contributed by atoms with Gasteiger partial charge in [0.2, 0.25) is 5.91 Å². The van der Waals surface area contributed by atoms with Gasteiger partial charge < -0.3 is 10.4 Å². The van der Waals surface area contributed by atoms with E-state index in [4.69, 9.17) is 0 Å². The second-order valence-corrected chi connectivity index (χ2v) is 5.96. The molecular formula is C19H21NO2. The molecule has 2 atom stereocenters. The Hall–Kier alpha value is -2.13. The maximum absolute atomic E-state index is 12.0. The Bertz CT molecular complexity index is 694. The van der Waals surface area contributed by atoms with E-state index in [0.717, 1.165) is 34.4 Å². The molecule has 2 aromatic carbocycles. The number of aliphatic hydroxyl groups excluding tert-OH is 1. The van der Waals surface area contributed by atoms with Gasteiger partial charge in [0.1, 0.15) is 0 Å². The molecule has 0 aromatic heterocycles. The molecule has 0 radical (unpaired) electrons. The summed E-state index contributed by atoms with van der Waals surface area (Å²) in [5, 5.41) is 13.5. The largest absolute Gasteiger partial charge is 0.388 e. The van der Waals surface area contributed by atoms with E-state index < -0.39 is 6.10 Å². The van der Waals surface area contributed by atoms with Crippen LogP contribution in [-0.2, 0) is 11.2 Å². The van der Waals surface area contributed by atoms with Crippen LogP contribution in [-0.4, -0.2) is 11.0 Å². The molecule has 114 valence electrons. The van der Waals surface area contributed by atoms with Gasteiger partial charge in [-0.2, -0.15) is 0 Å². The van der Waals surface area contributed by atoms with Crippen LogP contribution in [0.15, 0.2) is 42.5 Å². The summed E-state index contributed by atoms with van der Waals surface area (Å²) in [5.41, 5.74) is 4.95. The maximum Gasteiger partial charge on any atom is 0.232 e. The highest BCUT2D eigenvalue weighted by Gasteiger charge is 2.31. The normalized spacial score (nSPS) is 18.0. The Labute approximate surface area is 131 Å². The summed E-state index contributed by atoms with van der Waals surface area (Å²) in [7, 11) is 0. The number of carbonyl (C=O) groups excluding carboxylic acids is 1. The van der Waals surface area contributed by atoms with Crippen molar-refractivity contribution >= 4 is 11.6 Å². The fraction of sp³-hybridized carbons (Fsp3) is 0.316. The summed E-state index contributed by atoms with van der Waals surface area (Å²) in [5.74, 6) is -0.0344. The van der Waals surface area contributed by atoms with Crippen molar-refractivity contribution in [3.8, 4) is 0 Å². The van der Waals surface area contributed by atoms with E-state index in [2.05, 4.69) is 5.32 Å². The van der Waals surface area contributed by atoms with Gasteiger partial charge in [-0.15, -0.1) is 0 Å². The molecule has 1 aliphatic heterocycles. The summed E-state index contributed by atoms with van der Waals surface area (Å²) in [6.45, 7) is 4.00. The second kappa shape index (κ2) is 5.93. The standard InChI is InChI=1S/C19H21NO2/c1-3-15-16-11-14(9-12(2)18(16)20-19(15)22)17(21)10-13-7-5-4-6-8-13/h4-9,11,15,17,21H,3,10H2,1-2H3,(H,20,22). The molecule has 0 saturated carbocycles. The average Bonchev–Trinajstić information content (AvgIpc) is 2.84. The molecule has 2 N–H and O–H groups in total. The van der Waals surface area contributed by atoms with E-state index in [1.807, 2.05) is 56.3 Å². The minimum Gasteiger partial charge on any atom is -0.388 e. The van der Waals surface area contributed by atoms with Crippen molar-refractivity contribution in [2.24, 2.45) is 0 Å². The molecule has 2 aromatic rings. The van der Waals surface area contributed by atoms with Crippen molar-refractivity contribution in [2.45, 2.75) is 38.7 Å². The molecule has 1 amide bonds. The predicted octanol–water partition coefficient (Wildman–Crippen LogP) is 3.72. The summed E-state index contributed by atoms with van der Waals surface area (Å²) in [6, 6.07) is 13.9. The van der Waals surface area contributed by atoms with Gasteiger partial charge >= 0.3 is 0 Å². The molecule has 3 heteroatoms. The Morgan fingerprint density at radius 1 is 1.23 bits per heavy atom. The number of carbonyl (C=O) groups is 1. The van der Waals surface area contributed by atoms with Crippen molar-refractivity contribution in [1.82, 2.24) is 0 Å². The van der Waals surface area contributed by atoms with Crippen molar-refractivity contribution in [3.63, 3.8) is 0 Å². The van der Waals surface area contributed by atoms with Crippen molar-refractivity contribution in [3.05, 3.63) is 64.7 Å². The third kappa shape index (κ3) is 2.64. The van der Waals surface area contributed by atoms with Gasteiger partial charge in [0.05, 0.1) is 12.0 Å². The highest BCUT2D eigenvalue weighted by molar-refractivity contribution is 6.03. The molecule has 2 unspecified atom stereocenters. The molecule has 22 heavy (non-hydrogen) atoms. The van der Waals surface area contributed by atoms with Gasteiger partial charge in [-0.1, -0.05) is 49.4 Å². The van der Waals surface area contributed by atoms with Crippen molar-refractivity contribution in [1.29, 1.82) is 0 Å². The number of aliphatic hydroxyl groups is 1. The Morgan fingerprint density at radius 3 is 2.64 bits per heavy atom. The lowest BCUT2D eigenvalue weighted by molar-refractivity contribution is -0.117. The quantitative estimate of drug-likeness (QED) is 0.903. The smallest absolute Gasteiger partial charge is 0.232 e. The van der Waals surface area contributed by atoms with Crippen LogP contribution in [0.5, 0.6) is 0 Å². The fourth-order valence-electron chi connectivity index (χ4n) is 3.19. The SMILES string of the molecule is CCC1C(=O)Nc2c(C)cc(C(O)Cc3ccccc3)cc21. The molecule has 0 fully saturated rings. The van der Waals surface area contributed by atoms with Gasteiger partial charge in [-0.25, -0.2) is 0 Å². The minimum atomic E-state index is -0.556. The molecule has 1 heterocycles. The zero-order chi connectivity index (χ0) is 15.7. The molecule has 3 nitrogen and oxygen atoms in total. The lowest BCUT2D eigenvalue weighted by Crippen LogP contribution is -2.10. The molecule has 1 aliphatic rings. The average molecular weight is 295 g/mol. The molecule has 3 rings (SSSR count). The van der Waals surface area contributed by atoms with Gasteiger partial charge in [0, 0.05) is 12.1 Å². The molecule has 0 bridgehead atoms. The monoisotopic (exact) mass is 295 g/mol. The van der Waals surface area contributed by atoms with E-state index in [1.54, 1.807) is 0 Å². The summed E-state index contributed by atoms with van der Waals surface area (Å²) >= 11 is 0. The molecule has 0 saturated heterocycles. The van der Waals surface area contributed by atoms with Crippen LogP contribution in [0.1, 0.15) is 47.6 Å². The van der Waals surface area contributed by atoms with Crippen molar-refractivity contribution < 1.29 is 9.90 Å². The van der Waals surface area contributed by atoms with Gasteiger partial charge in [0.25, 0.3) is 0 Å². The minimum absolute atomic E-state index is 0.0651. The second-order valence-electron chi connectivity index (χ2n) is 5.96. The number of amides is 1. The van der Waals surface area contributed by atoms with Crippen LogP contribution in [0, 0.1) is 6.92 Å². The highest BCUT2D eigenvalue weighted by atomic mass is 16.3. The lowest BCUT2D eigenvalue weighted by atomic mass is 9.91. The number of benzene rings is 2. The first-order valence-electron chi connectivity index (χ1n) is 7.77. The van der Waals surface area contributed by atoms with Crippen LogP contribution in [0.4, 0.5) is 5.69 Å². The van der Waals surface area contributed by atoms with E-state index in [0.29, 0.717) is 6.42 Å². The predicted molar refractivity (Wildman–Crippen MR) is 87.9 cm³/mol. The van der Waals surface area contributed by atoms with Crippen LogP contribution >= 0.6 is 0 Å². The third-order valence-electron chi connectivity index (χ3n) is 4.39. The number of anilines is 1. The van der Waals surface area contributed by atoms with Crippen LogP contribution < -0.4 is 5.32 Å². The maximum atomic E-state index is 12.0. The number of fused-ring (bicyclic) bond motifs is 1.